The molecule has 9 heteroatoms. The molecule has 2 aromatic carbocycles. The van der Waals surface area contributed by atoms with Crippen molar-refractivity contribution in [1.82, 2.24) is 5.32 Å². The Morgan fingerprint density at radius 2 is 2.00 bits per heavy atom. The Balaban J connectivity index is 1.52. The monoisotopic (exact) mass is 409 g/mol. The van der Waals surface area contributed by atoms with Gasteiger partial charge in [0.2, 0.25) is 6.79 Å². The first kappa shape index (κ1) is 19.9. The minimum absolute atomic E-state index is 0.00461. The van der Waals surface area contributed by atoms with Crippen molar-refractivity contribution in [1.29, 1.82) is 0 Å². The molecule has 1 amide bonds. The third-order valence-corrected chi connectivity index (χ3v) is 4.26. The molecule has 0 spiro atoms. The molecular weight excluding hydrogens is 390 g/mol. The highest BCUT2D eigenvalue weighted by atomic mass is 35.5. The Hall–Kier alpha value is -2.84. The van der Waals surface area contributed by atoms with Crippen molar-refractivity contribution in [2.24, 2.45) is 0 Å². The molecule has 1 unspecified atom stereocenters. The molecule has 1 aliphatic heterocycles. The summed E-state index contributed by atoms with van der Waals surface area (Å²) in [7, 11) is 2.91. The maximum absolute atomic E-state index is 12.3. The topological polar surface area (TPSA) is 95.5 Å². The first-order valence-corrected chi connectivity index (χ1v) is 8.80. The maximum Gasteiger partial charge on any atom is 0.251 e. The highest BCUT2D eigenvalue weighted by molar-refractivity contribution is 6.32. The van der Waals surface area contributed by atoms with Gasteiger partial charge in [0.15, 0.2) is 23.0 Å². The third kappa shape index (κ3) is 4.52. The van der Waals surface area contributed by atoms with Crippen LogP contribution < -0.4 is 29.0 Å². The average molecular weight is 410 g/mol. The highest BCUT2D eigenvalue weighted by Gasteiger charge is 2.17. The van der Waals surface area contributed by atoms with Crippen LogP contribution in [0.3, 0.4) is 0 Å². The summed E-state index contributed by atoms with van der Waals surface area (Å²) in [5.74, 6) is 2.04. The van der Waals surface area contributed by atoms with E-state index in [0.29, 0.717) is 28.7 Å². The van der Waals surface area contributed by atoms with E-state index in [4.69, 9.17) is 35.3 Å². The molecule has 2 aromatic rings. The number of hydrogen-bond acceptors (Lipinski definition) is 7. The van der Waals surface area contributed by atoms with Gasteiger partial charge in [0.25, 0.3) is 5.91 Å². The van der Waals surface area contributed by atoms with Crippen LogP contribution in [0, 0.1) is 0 Å². The Morgan fingerprint density at radius 3 is 2.75 bits per heavy atom. The summed E-state index contributed by atoms with van der Waals surface area (Å²) in [6.45, 7) is 0.162. The number of methoxy groups -OCH3 is 2. The summed E-state index contributed by atoms with van der Waals surface area (Å²) in [5, 5.41) is 12.9. The second kappa shape index (κ2) is 8.90. The van der Waals surface area contributed by atoms with Crippen LogP contribution in [-0.4, -0.2) is 51.3 Å². The highest BCUT2D eigenvalue weighted by Crippen LogP contribution is 2.36. The minimum atomic E-state index is -0.912. The molecule has 1 aliphatic rings. The molecule has 0 aromatic heterocycles. The predicted octanol–water partition coefficient (Wildman–Crippen LogP) is 2.26. The van der Waals surface area contributed by atoms with Crippen molar-refractivity contribution < 1.29 is 33.6 Å². The molecule has 0 radical (unpaired) electrons. The lowest BCUT2D eigenvalue weighted by molar-refractivity contribution is 0.0843. The molecule has 150 valence electrons. The molecule has 28 heavy (non-hydrogen) atoms. The fourth-order valence-electron chi connectivity index (χ4n) is 2.58. The first-order valence-electron chi connectivity index (χ1n) is 8.42. The normalized spacial score (nSPS) is 13.0. The van der Waals surface area contributed by atoms with E-state index in [9.17, 15) is 9.90 Å². The number of nitrogens with one attached hydrogen (secondary N) is 1. The number of amides is 1. The molecule has 1 atom stereocenters. The molecule has 8 nitrogen and oxygen atoms in total. The smallest absolute Gasteiger partial charge is 0.251 e. The molecule has 0 fully saturated rings. The lowest BCUT2D eigenvalue weighted by Crippen LogP contribution is -2.35. The van der Waals surface area contributed by atoms with Crippen LogP contribution in [0.2, 0.25) is 5.02 Å². The fraction of sp³-hybridized carbons (Fsp3) is 0.316. The van der Waals surface area contributed by atoms with Gasteiger partial charge in [0, 0.05) is 18.2 Å². The number of carbonyl (C=O) groups is 1. The van der Waals surface area contributed by atoms with Crippen molar-refractivity contribution in [3.8, 4) is 28.7 Å². The number of carbonyl (C=O) groups excluding carboxylic acids is 1. The molecule has 0 saturated carbocycles. The molecule has 0 saturated heterocycles. The first-order chi connectivity index (χ1) is 13.5. The number of aliphatic hydroxyl groups excluding tert-OH is 1. The zero-order valence-corrected chi connectivity index (χ0v) is 16.1. The van der Waals surface area contributed by atoms with Crippen LogP contribution in [-0.2, 0) is 0 Å². The Morgan fingerprint density at radius 1 is 1.21 bits per heavy atom. The van der Waals surface area contributed by atoms with Crippen molar-refractivity contribution in [3.63, 3.8) is 0 Å². The van der Waals surface area contributed by atoms with Gasteiger partial charge < -0.3 is 34.1 Å². The van der Waals surface area contributed by atoms with Gasteiger partial charge in [-0.1, -0.05) is 11.6 Å². The number of benzene rings is 2. The summed E-state index contributed by atoms with van der Waals surface area (Å²) in [4.78, 5) is 12.3. The summed E-state index contributed by atoms with van der Waals surface area (Å²) < 4.78 is 26.3. The van der Waals surface area contributed by atoms with Gasteiger partial charge in [-0.2, -0.15) is 0 Å². The van der Waals surface area contributed by atoms with E-state index in [1.807, 2.05) is 0 Å². The van der Waals surface area contributed by atoms with Gasteiger partial charge in [0.05, 0.1) is 19.2 Å². The molecule has 1 heterocycles. The van der Waals surface area contributed by atoms with Gasteiger partial charge in [-0.25, -0.2) is 0 Å². The minimum Gasteiger partial charge on any atom is -0.493 e. The van der Waals surface area contributed by atoms with Crippen molar-refractivity contribution >= 4 is 17.5 Å². The molecular formula is C19H20ClNO7. The van der Waals surface area contributed by atoms with Crippen LogP contribution in [0.4, 0.5) is 0 Å². The van der Waals surface area contributed by atoms with Crippen molar-refractivity contribution in [2.75, 3.05) is 34.2 Å². The number of fused-ring (bicyclic) bond motifs is 1. The van der Waals surface area contributed by atoms with E-state index in [2.05, 4.69) is 5.32 Å². The molecule has 0 bridgehead atoms. The molecule has 0 aliphatic carbocycles. The summed E-state index contributed by atoms with van der Waals surface area (Å²) in [6.07, 6.45) is -0.912. The largest absolute Gasteiger partial charge is 0.493 e. The number of rotatable bonds is 8. The lowest BCUT2D eigenvalue weighted by Gasteiger charge is -2.15. The molecule has 3 rings (SSSR count). The van der Waals surface area contributed by atoms with Crippen LogP contribution in [0.25, 0.3) is 0 Å². The Labute approximate surface area is 166 Å². The number of aliphatic hydroxyl groups is 1. The summed E-state index contributed by atoms with van der Waals surface area (Å²) in [5.41, 5.74) is 0.284. The Kier molecular flexibility index (Phi) is 6.33. The van der Waals surface area contributed by atoms with Crippen molar-refractivity contribution in [2.45, 2.75) is 6.10 Å². The molecule has 2 N–H and O–H groups in total. The van der Waals surface area contributed by atoms with Crippen LogP contribution in [0.5, 0.6) is 28.7 Å². The average Bonchev–Trinajstić information content (AvgIpc) is 3.17. The summed E-state index contributed by atoms with van der Waals surface area (Å²) >= 11 is 6.10. The van der Waals surface area contributed by atoms with E-state index in [-0.39, 0.29) is 30.5 Å². The zero-order chi connectivity index (χ0) is 20.1. The van der Waals surface area contributed by atoms with E-state index in [1.165, 1.54) is 26.4 Å². The standard InChI is InChI=1S/C19H20ClNO7/c1-24-17-6-11(5-14(20)18(17)25-2)19(23)21-8-12(22)9-26-13-3-4-15-16(7-13)28-10-27-15/h3-7,12,22H,8-10H2,1-2H3,(H,21,23). The van der Waals surface area contributed by atoms with Gasteiger partial charge in [-0.05, 0) is 24.3 Å². The van der Waals surface area contributed by atoms with Gasteiger partial charge in [-0.3, -0.25) is 4.79 Å². The van der Waals surface area contributed by atoms with E-state index >= 15 is 0 Å². The van der Waals surface area contributed by atoms with E-state index in [1.54, 1.807) is 18.2 Å². The third-order valence-electron chi connectivity index (χ3n) is 3.98. The lowest BCUT2D eigenvalue weighted by atomic mass is 10.2. The van der Waals surface area contributed by atoms with E-state index in [0.717, 1.165) is 0 Å². The predicted molar refractivity (Wildman–Crippen MR) is 101 cm³/mol. The SMILES string of the molecule is COc1cc(C(=O)NCC(O)COc2ccc3c(c2)OCO3)cc(Cl)c1OC. The van der Waals surface area contributed by atoms with Crippen LogP contribution >= 0.6 is 11.6 Å². The maximum atomic E-state index is 12.3. The second-order valence-electron chi connectivity index (χ2n) is 5.88. The van der Waals surface area contributed by atoms with Gasteiger partial charge in [-0.15, -0.1) is 0 Å². The number of ether oxygens (including phenoxy) is 5. The number of hydrogen-bond donors (Lipinski definition) is 2. The van der Waals surface area contributed by atoms with Crippen molar-refractivity contribution in [3.05, 3.63) is 40.9 Å². The quantitative estimate of drug-likeness (QED) is 0.690. The van der Waals surface area contributed by atoms with Crippen LogP contribution in [0.15, 0.2) is 30.3 Å². The zero-order valence-electron chi connectivity index (χ0n) is 15.4. The second-order valence-corrected chi connectivity index (χ2v) is 6.29. The fourth-order valence-corrected chi connectivity index (χ4v) is 2.87. The summed E-state index contributed by atoms with van der Waals surface area (Å²) in [6, 6.07) is 8.10. The van der Waals surface area contributed by atoms with Crippen LogP contribution in [0.1, 0.15) is 10.4 Å². The Bertz CT molecular complexity index is 858. The van der Waals surface area contributed by atoms with Gasteiger partial charge in [0.1, 0.15) is 18.5 Å². The van der Waals surface area contributed by atoms with Gasteiger partial charge >= 0.3 is 0 Å². The number of halogens is 1. The van der Waals surface area contributed by atoms with E-state index < -0.39 is 12.0 Å².